The second-order valence-corrected chi connectivity index (χ2v) is 17.9. The van der Waals surface area contributed by atoms with E-state index in [2.05, 4.69) is 55.6 Å². The average molecular weight is 856 g/mol. The highest BCUT2D eigenvalue weighted by molar-refractivity contribution is 5.76. The maximum atomic E-state index is 12.4. The summed E-state index contributed by atoms with van der Waals surface area (Å²) in [7, 11) is 0. The van der Waals surface area contributed by atoms with Gasteiger partial charge in [0.05, 0.1) is 25.4 Å². The van der Waals surface area contributed by atoms with Gasteiger partial charge in [0.2, 0.25) is 5.91 Å². The number of aliphatic hydroxyl groups excluding tert-OH is 2. The van der Waals surface area contributed by atoms with Crippen molar-refractivity contribution in [3.8, 4) is 0 Å². The molecule has 1 amide bonds. The normalized spacial score (nSPS) is 13.0. The number of ether oxygens (including phenoxy) is 1. The molecule has 0 rings (SSSR count). The van der Waals surface area contributed by atoms with Gasteiger partial charge < -0.3 is 20.3 Å². The van der Waals surface area contributed by atoms with E-state index in [0.717, 1.165) is 77.0 Å². The second-order valence-electron chi connectivity index (χ2n) is 17.9. The van der Waals surface area contributed by atoms with Crippen LogP contribution in [0.5, 0.6) is 0 Å². The van der Waals surface area contributed by atoms with Gasteiger partial charge in [-0.1, -0.05) is 210 Å². The van der Waals surface area contributed by atoms with Crippen LogP contribution < -0.4 is 5.32 Å². The van der Waals surface area contributed by atoms with E-state index in [1.807, 2.05) is 6.08 Å². The molecule has 3 N–H and O–H groups in total. The van der Waals surface area contributed by atoms with Gasteiger partial charge in [0, 0.05) is 12.8 Å². The van der Waals surface area contributed by atoms with Gasteiger partial charge in [0.15, 0.2) is 0 Å². The molecule has 2 unspecified atom stereocenters. The third-order valence-electron chi connectivity index (χ3n) is 11.8. The number of aliphatic hydroxyl groups is 2. The molecule has 6 nitrogen and oxygen atoms in total. The summed E-state index contributed by atoms with van der Waals surface area (Å²) >= 11 is 0. The van der Waals surface area contributed by atoms with Gasteiger partial charge in [0.1, 0.15) is 0 Å². The minimum Gasteiger partial charge on any atom is -0.466 e. The molecule has 356 valence electrons. The van der Waals surface area contributed by atoms with Gasteiger partial charge in [-0.2, -0.15) is 0 Å². The Bertz CT molecular complexity index is 1040. The van der Waals surface area contributed by atoms with E-state index in [1.54, 1.807) is 6.08 Å². The van der Waals surface area contributed by atoms with Crippen LogP contribution in [-0.2, 0) is 14.3 Å². The quantitative estimate of drug-likeness (QED) is 0.0245. The number of hydrogen-bond acceptors (Lipinski definition) is 5. The Morgan fingerprint density at radius 2 is 0.820 bits per heavy atom. The van der Waals surface area contributed by atoms with Crippen LogP contribution in [0.3, 0.4) is 0 Å². The number of esters is 1. The van der Waals surface area contributed by atoms with E-state index in [9.17, 15) is 19.8 Å². The molecule has 0 saturated heterocycles. The topological polar surface area (TPSA) is 95.9 Å². The van der Waals surface area contributed by atoms with Crippen LogP contribution >= 0.6 is 0 Å². The molecule has 0 bridgehead atoms. The number of carbonyl (C=O) groups excluding carboxylic acids is 2. The Hall–Kier alpha value is -2.18. The fourth-order valence-electron chi connectivity index (χ4n) is 7.73. The monoisotopic (exact) mass is 856 g/mol. The number of nitrogens with one attached hydrogen (secondary N) is 1. The van der Waals surface area contributed by atoms with Crippen LogP contribution in [0, 0.1) is 0 Å². The third-order valence-corrected chi connectivity index (χ3v) is 11.8. The molecule has 0 saturated carbocycles. The van der Waals surface area contributed by atoms with Crippen LogP contribution in [0.4, 0.5) is 0 Å². The van der Waals surface area contributed by atoms with Crippen molar-refractivity contribution in [2.75, 3.05) is 13.2 Å². The highest BCUT2D eigenvalue weighted by Gasteiger charge is 2.18. The SMILES string of the molecule is CCCCCCCC/C=C\CCCCCCCC(=O)OCCCCC/C=C\C=C/CCCCCCCCC(=O)NC(CO)C(O)/C=C/CCCCCCCCCCCCCC. The van der Waals surface area contributed by atoms with Gasteiger partial charge in [-0.25, -0.2) is 0 Å². The Balaban J connectivity index is 3.56. The lowest BCUT2D eigenvalue weighted by molar-refractivity contribution is -0.143. The first kappa shape index (κ1) is 58.8. The minimum atomic E-state index is -0.859. The summed E-state index contributed by atoms with van der Waals surface area (Å²) in [4.78, 5) is 24.4. The molecule has 0 spiro atoms. The molecule has 0 aliphatic carbocycles. The molecular weight excluding hydrogens is 755 g/mol. The van der Waals surface area contributed by atoms with Crippen molar-refractivity contribution in [3.63, 3.8) is 0 Å². The molecule has 0 heterocycles. The Labute approximate surface area is 378 Å². The first-order chi connectivity index (χ1) is 30.0. The Morgan fingerprint density at radius 1 is 0.459 bits per heavy atom. The number of rotatable bonds is 48. The first-order valence-corrected chi connectivity index (χ1v) is 26.4. The van der Waals surface area contributed by atoms with Crippen LogP contribution in [0.1, 0.15) is 264 Å². The predicted octanol–water partition coefficient (Wildman–Crippen LogP) is 15.8. The highest BCUT2D eigenvalue weighted by Crippen LogP contribution is 2.14. The van der Waals surface area contributed by atoms with Crippen molar-refractivity contribution >= 4 is 11.9 Å². The van der Waals surface area contributed by atoms with E-state index in [4.69, 9.17) is 4.74 Å². The molecule has 0 aromatic rings. The molecular formula is C55H101NO5. The van der Waals surface area contributed by atoms with Gasteiger partial charge in [0.25, 0.3) is 0 Å². The lowest BCUT2D eigenvalue weighted by Crippen LogP contribution is -2.45. The molecule has 0 fully saturated rings. The fraction of sp³-hybridized carbons (Fsp3) is 0.818. The molecule has 0 radical (unpaired) electrons. The first-order valence-electron chi connectivity index (χ1n) is 26.4. The molecule has 61 heavy (non-hydrogen) atoms. The molecule has 2 atom stereocenters. The number of amides is 1. The van der Waals surface area contributed by atoms with Gasteiger partial charge in [-0.3, -0.25) is 9.59 Å². The Morgan fingerprint density at radius 3 is 1.26 bits per heavy atom. The van der Waals surface area contributed by atoms with Crippen molar-refractivity contribution in [2.45, 2.75) is 276 Å². The number of carbonyl (C=O) groups is 2. The summed E-state index contributed by atoms with van der Waals surface area (Å²) in [5, 5.41) is 23.0. The maximum absolute atomic E-state index is 12.4. The summed E-state index contributed by atoms with van der Waals surface area (Å²) in [6.45, 7) is 4.82. The van der Waals surface area contributed by atoms with Gasteiger partial charge in [-0.15, -0.1) is 0 Å². The smallest absolute Gasteiger partial charge is 0.305 e. The number of unbranched alkanes of at least 4 members (excludes halogenated alkanes) is 32. The zero-order valence-corrected chi connectivity index (χ0v) is 40.4. The third kappa shape index (κ3) is 47.1. The highest BCUT2D eigenvalue weighted by atomic mass is 16.5. The lowest BCUT2D eigenvalue weighted by Gasteiger charge is -2.20. The molecule has 0 aromatic heterocycles. The summed E-state index contributed by atoms with van der Waals surface area (Å²) in [6, 6.07) is -0.645. The van der Waals surface area contributed by atoms with E-state index in [1.165, 1.54) is 161 Å². The van der Waals surface area contributed by atoms with E-state index >= 15 is 0 Å². The average Bonchev–Trinajstić information content (AvgIpc) is 3.26. The summed E-state index contributed by atoms with van der Waals surface area (Å²) < 4.78 is 5.44. The lowest BCUT2D eigenvalue weighted by atomic mass is 10.0. The van der Waals surface area contributed by atoms with Crippen molar-refractivity contribution in [1.29, 1.82) is 0 Å². The molecule has 0 aliphatic rings. The number of allylic oxidation sites excluding steroid dienone is 7. The predicted molar refractivity (Wildman–Crippen MR) is 264 cm³/mol. The second kappa shape index (κ2) is 50.5. The van der Waals surface area contributed by atoms with Crippen LogP contribution in [-0.4, -0.2) is 47.4 Å². The van der Waals surface area contributed by atoms with E-state index in [-0.39, 0.29) is 18.5 Å². The van der Waals surface area contributed by atoms with E-state index < -0.39 is 12.1 Å². The van der Waals surface area contributed by atoms with Gasteiger partial charge in [-0.05, 0) is 89.9 Å². The van der Waals surface area contributed by atoms with E-state index in [0.29, 0.717) is 19.4 Å². The fourth-order valence-corrected chi connectivity index (χ4v) is 7.73. The van der Waals surface area contributed by atoms with Crippen LogP contribution in [0.15, 0.2) is 48.6 Å². The maximum Gasteiger partial charge on any atom is 0.305 e. The van der Waals surface area contributed by atoms with Crippen molar-refractivity contribution in [1.82, 2.24) is 5.32 Å². The standard InChI is InChI=1S/C55H101NO5/c1-3-5-7-9-11-13-15-17-20-25-29-33-37-41-45-49-55(60)61-50-46-42-38-34-30-26-22-19-21-24-28-32-36-40-44-48-54(59)56-52(51-57)53(58)47-43-39-35-31-27-23-18-16-14-12-10-8-6-4-2/h17,19-20,22,26,30,43,47,52-53,57-58H,3-16,18,21,23-25,27-29,31-42,44-46,48-51H2,1-2H3,(H,56,59)/b20-17-,22-19-,30-26-,47-43+. The number of hydrogen-bond donors (Lipinski definition) is 3. The molecule has 0 aliphatic heterocycles. The summed E-state index contributed by atoms with van der Waals surface area (Å²) in [5.74, 6) is -0.124. The zero-order chi connectivity index (χ0) is 44.4. The summed E-state index contributed by atoms with van der Waals surface area (Å²) in [6.07, 6.45) is 62.5. The van der Waals surface area contributed by atoms with Crippen molar-refractivity contribution in [2.24, 2.45) is 0 Å². The zero-order valence-electron chi connectivity index (χ0n) is 40.4. The van der Waals surface area contributed by atoms with Crippen LogP contribution in [0.25, 0.3) is 0 Å². The summed E-state index contributed by atoms with van der Waals surface area (Å²) in [5.41, 5.74) is 0. The van der Waals surface area contributed by atoms with Crippen molar-refractivity contribution in [3.05, 3.63) is 48.6 Å². The van der Waals surface area contributed by atoms with Gasteiger partial charge >= 0.3 is 5.97 Å². The largest absolute Gasteiger partial charge is 0.466 e. The van der Waals surface area contributed by atoms with Crippen molar-refractivity contribution < 1.29 is 24.5 Å². The Kier molecular flexibility index (Phi) is 48.7. The molecule has 0 aromatic carbocycles. The van der Waals surface area contributed by atoms with Crippen LogP contribution in [0.2, 0.25) is 0 Å². The molecule has 6 heteroatoms. The minimum absolute atomic E-state index is 0.0316.